The highest BCUT2D eigenvalue weighted by Crippen LogP contribution is 2.39. The summed E-state index contributed by atoms with van der Waals surface area (Å²) in [5.74, 6) is -0.154. The maximum absolute atomic E-state index is 13.4. The van der Waals surface area contributed by atoms with Gasteiger partial charge in [-0.25, -0.2) is 0 Å². The average Bonchev–Trinajstić information content (AvgIpc) is 3.65. The second kappa shape index (κ2) is 10.9. The molecule has 2 aliphatic heterocycles. The third kappa shape index (κ3) is 6.00. The molecule has 0 aromatic heterocycles. The van der Waals surface area contributed by atoms with E-state index >= 15 is 0 Å². The zero-order valence-corrected chi connectivity index (χ0v) is 21.9. The second-order valence-corrected chi connectivity index (χ2v) is 11.4. The Bertz CT molecular complexity index is 1070. The number of anilines is 1. The van der Waals surface area contributed by atoms with Crippen LogP contribution in [0.5, 0.6) is 0 Å². The summed E-state index contributed by atoms with van der Waals surface area (Å²) < 4.78 is 38.2. The lowest BCUT2D eigenvalue weighted by Crippen LogP contribution is -2.52. The van der Waals surface area contributed by atoms with E-state index in [1.807, 2.05) is 17.0 Å². The number of carbonyl (C=O) groups is 3. The van der Waals surface area contributed by atoms with E-state index in [0.29, 0.717) is 18.5 Å². The van der Waals surface area contributed by atoms with Crippen LogP contribution >= 0.6 is 0 Å². The Morgan fingerprint density at radius 2 is 1.68 bits per heavy atom. The van der Waals surface area contributed by atoms with Gasteiger partial charge in [-0.1, -0.05) is 18.9 Å². The molecule has 10 heteroatoms. The van der Waals surface area contributed by atoms with Gasteiger partial charge in [-0.05, 0) is 63.6 Å². The minimum Gasteiger partial charge on any atom is -0.368 e. The van der Waals surface area contributed by atoms with Crippen molar-refractivity contribution < 1.29 is 27.6 Å². The molecule has 1 aromatic rings. The van der Waals surface area contributed by atoms with E-state index in [4.69, 9.17) is 0 Å². The number of fused-ring (bicyclic) bond motifs is 1. The summed E-state index contributed by atoms with van der Waals surface area (Å²) in [6.45, 7) is 1.24. The Morgan fingerprint density at radius 3 is 2.34 bits per heavy atom. The van der Waals surface area contributed by atoms with Gasteiger partial charge in [-0.15, -0.1) is 0 Å². The first-order chi connectivity index (χ1) is 18.1. The molecule has 3 fully saturated rings. The first-order valence-corrected chi connectivity index (χ1v) is 13.9. The van der Waals surface area contributed by atoms with Gasteiger partial charge in [0.1, 0.15) is 6.04 Å². The van der Waals surface area contributed by atoms with Gasteiger partial charge in [-0.2, -0.15) is 13.2 Å². The molecule has 0 spiro atoms. The van der Waals surface area contributed by atoms with Crippen LogP contribution in [0.4, 0.5) is 18.9 Å². The van der Waals surface area contributed by atoms with Gasteiger partial charge in [0, 0.05) is 55.0 Å². The van der Waals surface area contributed by atoms with Crippen LogP contribution in [-0.4, -0.2) is 72.0 Å². The summed E-state index contributed by atoms with van der Waals surface area (Å²) in [4.78, 5) is 43.4. The summed E-state index contributed by atoms with van der Waals surface area (Å²) >= 11 is 0. The zero-order chi connectivity index (χ0) is 27.0. The maximum atomic E-state index is 13.4. The molecular weight excluding hydrogens is 497 g/mol. The van der Waals surface area contributed by atoms with Gasteiger partial charge in [-0.3, -0.25) is 19.7 Å². The number of hydrogen-bond acceptors (Lipinski definition) is 5. The average molecular weight is 535 g/mol. The fraction of sp³-hybridized carbons (Fsp3) is 0.679. The number of imide groups is 1. The predicted octanol–water partition coefficient (Wildman–Crippen LogP) is 4.25. The number of nitrogens with one attached hydrogen (secondary N) is 1. The summed E-state index contributed by atoms with van der Waals surface area (Å²) in [7, 11) is 1.79. The first-order valence-electron chi connectivity index (χ1n) is 13.9. The number of benzene rings is 1. The number of nitrogens with zero attached hydrogens (tertiary/aromatic N) is 3. The van der Waals surface area contributed by atoms with Crippen LogP contribution in [0.2, 0.25) is 0 Å². The quantitative estimate of drug-likeness (QED) is 0.480. The highest BCUT2D eigenvalue weighted by Gasteiger charge is 2.41. The number of carbonyl (C=O) groups excluding carboxylic acids is 3. The van der Waals surface area contributed by atoms with Crippen molar-refractivity contribution >= 4 is 23.4 Å². The van der Waals surface area contributed by atoms with Crippen molar-refractivity contribution in [3.8, 4) is 0 Å². The number of piperidine rings is 1. The number of halogens is 3. The van der Waals surface area contributed by atoms with Gasteiger partial charge in [0.05, 0.1) is 6.42 Å². The van der Waals surface area contributed by atoms with Crippen LogP contribution in [0.3, 0.4) is 0 Å². The molecule has 1 aromatic carbocycles. The third-order valence-corrected chi connectivity index (χ3v) is 8.82. The molecule has 2 aliphatic carbocycles. The van der Waals surface area contributed by atoms with Crippen LogP contribution in [-0.2, 0) is 16.1 Å². The number of rotatable bonds is 9. The summed E-state index contributed by atoms with van der Waals surface area (Å²) in [5, 5.41) is 2.36. The number of amides is 3. The van der Waals surface area contributed by atoms with Gasteiger partial charge in [0.25, 0.3) is 5.91 Å². The Morgan fingerprint density at radius 1 is 0.974 bits per heavy atom. The lowest BCUT2D eigenvalue weighted by atomic mass is 9.88. The maximum Gasteiger partial charge on any atom is 0.390 e. The zero-order valence-electron chi connectivity index (χ0n) is 21.9. The first kappa shape index (κ1) is 27.0. The van der Waals surface area contributed by atoms with E-state index in [9.17, 15) is 27.6 Å². The molecule has 38 heavy (non-hydrogen) atoms. The van der Waals surface area contributed by atoms with Crippen molar-refractivity contribution in [2.45, 2.75) is 95.1 Å². The van der Waals surface area contributed by atoms with Crippen molar-refractivity contribution in [3.05, 3.63) is 29.3 Å². The third-order valence-electron chi connectivity index (χ3n) is 8.82. The highest BCUT2D eigenvalue weighted by atomic mass is 19.4. The fourth-order valence-corrected chi connectivity index (χ4v) is 6.36. The predicted molar refractivity (Wildman–Crippen MR) is 137 cm³/mol. The molecular formula is C28H37F3N4O3. The molecule has 4 aliphatic rings. The lowest BCUT2D eigenvalue weighted by Gasteiger charge is -2.41. The van der Waals surface area contributed by atoms with Gasteiger partial charge < -0.3 is 14.7 Å². The Balaban J connectivity index is 1.31. The van der Waals surface area contributed by atoms with Crippen molar-refractivity contribution in [1.82, 2.24) is 15.1 Å². The molecule has 0 radical (unpaired) electrons. The van der Waals surface area contributed by atoms with E-state index in [-0.39, 0.29) is 36.9 Å². The van der Waals surface area contributed by atoms with Crippen molar-refractivity contribution in [1.29, 1.82) is 0 Å². The van der Waals surface area contributed by atoms with E-state index in [2.05, 4.69) is 16.3 Å². The van der Waals surface area contributed by atoms with Crippen LogP contribution in [0.15, 0.2) is 18.2 Å². The number of alkyl halides is 3. The monoisotopic (exact) mass is 534 g/mol. The van der Waals surface area contributed by atoms with Crippen molar-refractivity contribution in [3.63, 3.8) is 0 Å². The molecule has 3 amide bonds. The summed E-state index contributed by atoms with van der Waals surface area (Å²) in [6.07, 6.45) is 2.67. The SMILES string of the molecule is CN(CCC(F)(F)F)C1CCC(N(CCC2CC2)c2cccc3c2CN(C2CCC(=O)NC2=O)C3=O)CC1. The molecule has 5 rings (SSSR count). The molecule has 7 nitrogen and oxygen atoms in total. The second-order valence-electron chi connectivity index (χ2n) is 11.4. The molecule has 2 saturated carbocycles. The van der Waals surface area contributed by atoms with Crippen molar-refractivity contribution in [2.24, 2.45) is 5.92 Å². The van der Waals surface area contributed by atoms with E-state index < -0.39 is 24.5 Å². The van der Waals surface area contributed by atoms with E-state index in [1.54, 1.807) is 11.9 Å². The summed E-state index contributed by atoms with van der Waals surface area (Å²) in [6, 6.07) is 5.54. The van der Waals surface area contributed by atoms with Gasteiger partial charge >= 0.3 is 6.18 Å². The fourth-order valence-electron chi connectivity index (χ4n) is 6.36. The van der Waals surface area contributed by atoms with Crippen LogP contribution in [0, 0.1) is 5.92 Å². The van der Waals surface area contributed by atoms with Gasteiger partial charge in [0.2, 0.25) is 11.8 Å². The topological polar surface area (TPSA) is 73.0 Å². The Hall–Kier alpha value is -2.62. The minimum atomic E-state index is -4.14. The largest absolute Gasteiger partial charge is 0.390 e. The van der Waals surface area contributed by atoms with E-state index in [1.165, 1.54) is 12.8 Å². The normalized spacial score (nSPS) is 26.1. The Labute approximate surface area is 221 Å². The standard InChI is InChI=1S/C28H37F3N4O3/c1-33(16-14-28(29,30)31)19-7-9-20(10-8-19)34(15-13-18-5-6-18)23-4-2-3-21-22(23)17-35(27(21)38)24-11-12-25(36)32-26(24)37/h2-4,18-20,24H,5-17H2,1H3,(H,32,36,37). The molecule has 1 unspecified atom stereocenters. The molecule has 1 N–H and O–H groups in total. The smallest absolute Gasteiger partial charge is 0.368 e. The molecule has 208 valence electrons. The van der Waals surface area contributed by atoms with Crippen molar-refractivity contribution in [2.75, 3.05) is 25.0 Å². The lowest BCUT2D eigenvalue weighted by molar-refractivity contribution is -0.139. The van der Waals surface area contributed by atoms with Crippen LogP contribution in [0.1, 0.15) is 80.1 Å². The molecule has 1 saturated heterocycles. The Kier molecular flexibility index (Phi) is 7.71. The number of hydrogen-bond donors (Lipinski definition) is 1. The molecule has 2 heterocycles. The highest BCUT2D eigenvalue weighted by molar-refractivity contribution is 6.06. The van der Waals surface area contributed by atoms with Crippen LogP contribution < -0.4 is 10.2 Å². The van der Waals surface area contributed by atoms with E-state index in [0.717, 1.165) is 55.8 Å². The molecule has 1 atom stereocenters. The molecule has 0 bridgehead atoms. The van der Waals surface area contributed by atoms with Gasteiger partial charge in [0.15, 0.2) is 0 Å². The summed E-state index contributed by atoms with van der Waals surface area (Å²) in [5.41, 5.74) is 2.58. The van der Waals surface area contributed by atoms with Crippen LogP contribution in [0.25, 0.3) is 0 Å². The minimum absolute atomic E-state index is 0.0225.